The number of methoxy groups -OCH3 is 1. The molecule has 1 aliphatic rings. The highest BCUT2D eigenvalue weighted by atomic mass is 32.1. The van der Waals surface area contributed by atoms with E-state index in [0.717, 1.165) is 50.6 Å². The number of esters is 1. The molecular weight excluding hydrogens is 494 g/mol. The number of carbonyl (C=O) groups excluding carboxylic acids is 2. The van der Waals surface area contributed by atoms with Crippen LogP contribution < -0.4 is 14.8 Å². The Morgan fingerprint density at radius 1 is 1.19 bits per heavy atom. The monoisotopic (exact) mass is 527 g/mol. The van der Waals surface area contributed by atoms with Gasteiger partial charge < -0.3 is 24.3 Å². The van der Waals surface area contributed by atoms with Crippen LogP contribution in [-0.4, -0.2) is 69.9 Å². The molecule has 2 heterocycles. The lowest BCUT2D eigenvalue weighted by Gasteiger charge is -2.26. The molecule has 2 aromatic rings. The maximum absolute atomic E-state index is 12.9. The lowest BCUT2D eigenvalue weighted by atomic mass is 10.1. The number of rotatable bonds is 12. The van der Waals surface area contributed by atoms with E-state index in [4.69, 9.17) is 18.9 Å². The maximum Gasteiger partial charge on any atom is 0.340 e. The Bertz CT molecular complexity index is 1150. The molecule has 1 aromatic carbocycles. The maximum atomic E-state index is 12.9. The van der Waals surface area contributed by atoms with Crippen molar-refractivity contribution in [1.82, 2.24) is 4.90 Å². The minimum absolute atomic E-state index is 0.107. The number of hydrogen-bond donors (Lipinski definition) is 1. The normalized spacial score (nSPS) is 14.1. The molecule has 0 aliphatic carbocycles. The summed E-state index contributed by atoms with van der Waals surface area (Å²) in [6, 6.07) is 8.95. The first-order valence-corrected chi connectivity index (χ1v) is 13.1. The average molecular weight is 528 g/mol. The topological polar surface area (TPSA) is 110 Å². The van der Waals surface area contributed by atoms with E-state index in [-0.39, 0.29) is 11.1 Å². The first-order chi connectivity index (χ1) is 18.0. The molecule has 1 fully saturated rings. The van der Waals surface area contributed by atoms with E-state index in [2.05, 4.69) is 10.2 Å². The summed E-state index contributed by atoms with van der Waals surface area (Å²) in [5.41, 5.74) is 0.783. The van der Waals surface area contributed by atoms with Crippen LogP contribution in [0.25, 0.3) is 6.08 Å². The first-order valence-electron chi connectivity index (χ1n) is 12.3. The number of nitriles is 1. The number of anilines is 1. The second-order valence-corrected chi connectivity index (χ2v) is 9.40. The van der Waals surface area contributed by atoms with Crippen molar-refractivity contribution in [3.8, 4) is 17.6 Å². The van der Waals surface area contributed by atoms with Gasteiger partial charge in [-0.25, -0.2) is 4.79 Å². The zero-order valence-corrected chi connectivity index (χ0v) is 22.3. The molecule has 198 valence electrons. The molecule has 0 radical (unpaired) electrons. The summed E-state index contributed by atoms with van der Waals surface area (Å²) >= 11 is 1.30. The molecule has 10 heteroatoms. The molecule has 9 nitrogen and oxygen atoms in total. The van der Waals surface area contributed by atoms with Gasteiger partial charge in [-0.1, -0.05) is 19.4 Å². The van der Waals surface area contributed by atoms with E-state index in [0.29, 0.717) is 35.3 Å². The van der Waals surface area contributed by atoms with Crippen molar-refractivity contribution in [2.24, 2.45) is 0 Å². The van der Waals surface area contributed by atoms with Gasteiger partial charge in [0.2, 0.25) is 0 Å². The molecule has 0 atom stereocenters. The van der Waals surface area contributed by atoms with Gasteiger partial charge in [-0.15, -0.1) is 11.3 Å². The van der Waals surface area contributed by atoms with Crippen LogP contribution in [-0.2, 0) is 20.7 Å². The molecule has 37 heavy (non-hydrogen) atoms. The largest absolute Gasteiger partial charge is 0.490 e. The lowest BCUT2D eigenvalue weighted by molar-refractivity contribution is -0.112. The first kappa shape index (κ1) is 28.2. The van der Waals surface area contributed by atoms with Crippen LogP contribution in [0.2, 0.25) is 0 Å². The Morgan fingerprint density at radius 3 is 2.65 bits per heavy atom. The highest BCUT2D eigenvalue weighted by molar-refractivity contribution is 7.16. The van der Waals surface area contributed by atoms with Crippen LogP contribution in [0.1, 0.15) is 41.1 Å². The SMILES string of the molecule is CCCc1cc(C(=O)OC)c(NC(=O)C(C#N)=Cc2ccc(OCCN3CCOCC3)c(OCC)c2)s1. The molecule has 3 rings (SSSR count). The number of nitrogens with zero attached hydrogens (tertiary/aromatic N) is 2. The Labute approximate surface area is 221 Å². The van der Waals surface area contributed by atoms with Crippen molar-refractivity contribution in [2.45, 2.75) is 26.7 Å². The van der Waals surface area contributed by atoms with Gasteiger partial charge in [-0.05, 0) is 43.2 Å². The molecule has 0 unspecified atom stereocenters. The van der Waals surface area contributed by atoms with Gasteiger partial charge in [0.25, 0.3) is 5.91 Å². The average Bonchev–Trinajstić information content (AvgIpc) is 3.30. The number of ether oxygens (including phenoxy) is 4. The van der Waals surface area contributed by atoms with Gasteiger partial charge >= 0.3 is 5.97 Å². The second-order valence-electron chi connectivity index (χ2n) is 8.26. The van der Waals surface area contributed by atoms with Crippen molar-refractivity contribution < 1.29 is 28.5 Å². The molecule has 1 amide bonds. The van der Waals surface area contributed by atoms with E-state index in [1.165, 1.54) is 24.5 Å². The van der Waals surface area contributed by atoms with Gasteiger partial charge in [-0.2, -0.15) is 5.26 Å². The van der Waals surface area contributed by atoms with Crippen LogP contribution in [0.5, 0.6) is 11.5 Å². The fourth-order valence-electron chi connectivity index (χ4n) is 3.76. The van der Waals surface area contributed by atoms with Crippen molar-refractivity contribution in [2.75, 3.05) is 58.5 Å². The van der Waals surface area contributed by atoms with Crippen molar-refractivity contribution in [3.05, 3.63) is 45.8 Å². The van der Waals surface area contributed by atoms with Crippen LogP contribution in [0, 0.1) is 11.3 Å². The third-order valence-corrected chi connectivity index (χ3v) is 6.73. The number of hydrogen-bond acceptors (Lipinski definition) is 9. The third kappa shape index (κ3) is 8.05. The predicted octanol–water partition coefficient (Wildman–Crippen LogP) is 4.14. The van der Waals surface area contributed by atoms with E-state index in [1.807, 2.05) is 19.9 Å². The molecule has 1 aliphatic heterocycles. The summed E-state index contributed by atoms with van der Waals surface area (Å²) in [4.78, 5) is 28.3. The molecule has 1 N–H and O–H groups in total. The molecular formula is C27H33N3O6S. The number of amides is 1. The van der Waals surface area contributed by atoms with E-state index in [1.54, 1.807) is 24.3 Å². The molecule has 0 spiro atoms. The van der Waals surface area contributed by atoms with Crippen LogP contribution in [0.4, 0.5) is 5.00 Å². The van der Waals surface area contributed by atoms with Gasteiger partial charge in [0, 0.05) is 24.5 Å². The summed E-state index contributed by atoms with van der Waals surface area (Å²) < 4.78 is 21.9. The van der Waals surface area contributed by atoms with E-state index < -0.39 is 11.9 Å². The summed E-state index contributed by atoms with van der Waals surface area (Å²) in [7, 11) is 1.29. The fourth-order valence-corrected chi connectivity index (χ4v) is 4.90. The van der Waals surface area contributed by atoms with Gasteiger partial charge in [0.1, 0.15) is 23.3 Å². The Morgan fingerprint density at radius 2 is 1.97 bits per heavy atom. The quantitative estimate of drug-likeness (QED) is 0.249. The minimum Gasteiger partial charge on any atom is -0.490 e. The number of aryl methyl sites for hydroxylation is 1. The third-order valence-electron chi connectivity index (χ3n) is 5.62. The highest BCUT2D eigenvalue weighted by Crippen LogP contribution is 2.31. The molecule has 0 bridgehead atoms. The number of benzene rings is 1. The minimum atomic E-state index is -0.610. The fraction of sp³-hybridized carbons (Fsp3) is 0.444. The van der Waals surface area contributed by atoms with Crippen molar-refractivity contribution >= 4 is 34.3 Å². The second kappa shape index (κ2) is 14.4. The summed E-state index contributed by atoms with van der Waals surface area (Å²) in [5, 5.41) is 12.7. The van der Waals surface area contributed by atoms with Crippen LogP contribution >= 0.6 is 11.3 Å². The van der Waals surface area contributed by atoms with Gasteiger partial charge in [0.05, 0.1) is 32.5 Å². The van der Waals surface area contributed by atoms with Gasteiger partial charge in [0.15, 0.2) is 11.5 Å². The zero-order chi connectivity index (χ0) is 26.6. The Balaban J connectivity index is 1.74. The molecule has 1 saturated heterocycles. The Hall–Kier alpha value is -3.39. The number of morpholine rings is 1. The van der Waals surface area contributed by atoms with E-state index >= 15 is 0 Å². The lowest BCUT2D eigenvalue weighted by Crippen LogP contribution is -2.38. The zero-order valence-electron chi connectivity index (χ0n) is 21.5. The summed E-state index contributed by atoms with van der Waals surface area (Å²) in [5.74, 6) is -0.0188. The smallest absolute Gasteiger partial charge is 0.340 e. The van der Waals surface area contributed by atoms with Gasteiger partial charge in [-0.3, -0.25) is 9.69 Å². The standard InChI is InChI=1S/C27H33N3O6S/c1-4-6-21-17-22(27(32)33-3)26(37-21)29-25(31)20(18-28)15-19-7-8-23(24(16-19)35-5-2)36-14-11-30-9-12-34-13-10-30/h7-8,15-17H,4-6,9-14H2,1-3H3,(H,29,31). The number of nitrogens with one attached hydrogen (secondary N) is 1. The van der Waals surface area contributed by atoms with Crippen molar-refractivity contribution in [1.29, 1.82) is 5.26 Å². The van der Waals surface area contributed by atoms with Crippen LogP contribution in [0.15, 0.2) is 29.8 Å². The highest BCUT2D eigenvalue weighted by Gasteiger charge is 2.20. The summed E-state index contributed by atoms with van der Waals surface area (Å²) in [6.07, 6.45) is 3.15. The Kier molecular flexibility index (Phi) is 11.0. The van der Waals surface area contributed by atoms with Crippen molar-refractivity contribution in [3.63, 3.8) is 0 Å². The number of carbonyl (C=O) groups is 2. The predicted molar refractivity (Wildman–Crippen MR) is 142 cm³/mol. The van der Waals surface area contributed by atoms with Crippen LogP contribution in [0.3, 0.4) is 0 Å². The summed E-state index contributed by atoms with van der Waals surface area (Å²) in [6.45, 7) is 8.87. The number of thiophene rings is 1. The van der Waals surface area contributed by atoms with E-state index in [9.17, 15) is 14.9 Å². The molecule has 0 saturated carbocycles. The molecule has 1 aromatic heterocycles.